The van der Waals surface area contributed by atoms with Crippen LogP contribution in [0, 0.1) is 0 Å². The monoisotopic (exact) mass is 367 g/mol. The Bertz CT molecular complexity index is 728. The molecule has 1 unspecified atom stereocenters. The molecule has 3 rings (SSSR count). The van der Waals surface area contributed by atoms with E-state index >= 15 is 0 Å². The third-order valence-electron chi connectivity index (χ3n) is 4.97. The summed E-state index contributed by atoms with van der Waals surface area (Å²) in [6.07, 6.45) is 4.64. The van der Waals surface area contributed by atoms with Crippen molar-refractivity contribution in [2.75, 3.05) is 25.4 Å². The fraction of sp³-hybridized carbons (Fsp3) is 0.409. The molecule has 1 aliphatic heterocycles. The number of nitrogens with one attached hydrogen (secondary N) is 1. The fourth-order valence-corrected chi connectivity index (χ4v) is 3.42. The van der Waals surface area contributed by atoms with Crippen LogP contribution in [0.2, 0.25) is 0 Å². The van der Waals surface area contributed by atoms with Gasteiger partial charge >= 0.3 is 0 Å². The van der Waals surface area contributed by atoms with Gasteiger partial charge in [0.1, 0.15) is 11.5 Å². The lowest BCUT2D eigenvalue weighted by atomic mass is 10.0. The molecule has 144 valence electrons. The Morgan fingerprint density at radius 3 is 2.44 bits per heavy atom. The smallest absolute Gasteiger partial charge is 0.254 e. The largest absolute Gasteiger partial charge is 0.457 e. The minimum absolute atomic E-state index is 0.108. The minimum Gasteiger partial charge on any atom is -0.457 e. The lowest BCUT2D eigenvalue weighted by Crippen LogP contribution is -2.53. The zero-order chi connectivity index (χ0) is 19.1. The predicted molar refractivity (Wildman–Crippen MR) is 109 cm³/mol. The number of anilines is 1. The molecule has 2 aromatic rings. The molecule has 1 aliphatic rings. The number of nitrogens with zero attached hydrogens (tertiary/aromatic N) is 1. The van der Waals surface area contributed by atoms with Gasteiger partial charge in [-0.2, -0.15) is 0 Å². The van der Waals surface area contributed by atoms with Crippen molar-refractivity contribution < 1.29 is 9.53 Å². The normalized spacial score (nSPS) is 16.9. The standard InChI is InChI=1S/C22H29N3O2/c1-2-3-4-5-19-16-24-14-15-25(19)22(26)17-6-10-20(11-7-17)27-21-12-8-18(23)9-13-21/h6-13,19,24H,2-5,14-16,23H2,1H3. The summed E-state index contributed by atoms with van der Waals surface area (Å²) >= 11 is 0. The number of hydrogen-bond donors (Lipinski definition) is 2. The van der Waals surface area contributed by atoms with Crippen LogP contribution in [0.4, 0.5) is 5.69 Å². The maximum Gasteiger partial charge on any atom is 0.254 e. The van der Waals surface area contributed by atoms with E-state index in [-0.39, 0.29) is 11.9 Å². The molecular formula is C22H29N3O2. The molecule has 1 fully saturated rings. The lowest BCUT2D eigenvalue weighted by molar-refractivity contribution is 0.0622. The van der Waals surface area contributed by atoms with E-state index in [0.717, 1.165) is 31.8 Å². The summed E-state index contributed by atoms with van der Waals surface area (Å²) in [5, 5.41) is 3.42. The van der Waals surface area contributed by atoms with E-state index in [9.17, 15) is 4.79 Å². The Kier molecular flexibility index (Phi) is 6.71. The van der Waals surface area contributed by atoms with E-state index in [4.69, 9.17) is 10.5 Å². The van der Waals surface area contributed by atoms with Crippen LogP contribution in [0.25, 0.3) is 0 Å². The van der Waals surface area contributed by atoms with Gasteiger partial charge in [-0.1, -0.05) is 26.2 Å². The number of carbonyl (C=O) groups excluding carboxylic acids is 1. The highest BCUT2D eigenvalue weighted by Gasteiger charge is 2.26. The molecule has 5 nitrogen and oxygen atoms in total. The summed E-state index contributed by atoms with van der Waals surface area (Å²) in [5.41, 5.74) is 7.10. The molecule has 27 heavy (non-hydrogen) atoms. The van der Waals surface area contributed by atoms with Gasteiger partial charge in [-0.3, -0.25) is 4.79 Å². The van der Waals surface area contributed by atoms with Crippen molar-refractivity contribution in [1.82, 2.24) is 10.2 Å². The quantitative estimate of drug-likeness (QED) is 0.572. The van der Waals surface area contributed by atoms with Crippen molar-refractivity contribution >= 4 is 11.6 Å². The molecule has 5 heteroatoms. The number of benzene rings is 2. The molecule has 0 spiro atoms. The van der Waals surface area contributed by atoms with Crippen molar-refractivity contribution in [2.24, 2.45) is 0 Å². The van der Waals surface area contributed by atoms with E-state index < -0.39 is 0 Å². The molecule has 1 heterocycles. The Labute approximate surface area is 161 Å². The Hall–Kier alpha value is -2.53. The van der Waals surface area contributed by atoms with Crippen LogP contribution in [0.5, 0.6) is 11.5 Å². The number of nitrogen functional groups attached to an aromatic ring is 1. The average molecular weight is 367 g/mol. The van der Waals surface area contributed by atoms with Crippen molar-refractivity contribution in [3.63, 3.8) is 0 Å². The van der Waals surface area contributed by atoms with Crippen LogP contribution in [0.3, 0.4) is 0 Å². The highest BCUT2D eigenvalue weighted by Crippen LogP contribution is 2.23. The molecule has 1 amide bonds. The molecule has 0 aliphatic carbocycles. The van der Waals surface area contributed by atoms with Gasteiger partial charge < -0.3 is 20.7 Å². The number of rotatable bonds is 7. The number of unbranched alkanes of at least 4 members (excludes halogenated alkanes) is 2. The Morgan fingerprint density at radius 2 is 1.78 bits per heavy atom. The SMILES string of the molecule is CCCCCC1CNCCN1C(=O)c1ccc(Oc2ccc(N)cc2)cc1. The molecule has 1 saturated heterocycles. The fourth-order valence-electron chi connectivity index (χ4n) is 3.42. The predicted octanol–water partition coefficient (Wildman–Crippen LogP) is 4.06. The maximum absolute atomic E-state index is 13.0. The minimum atomic E-state index is 0.108. The average Bonchev–Trinajstić information content (AvgIpc) is 2.70. The van der Waals surface area contributed by atoms with Gasteiger partial charge in [0, 0.05) is 36.9 Å². The van der Waals surface area contributed by atoms with Crippen LogP contribution < -0.4 is 15.8 Å². The summed E-state index contributed by atoms with van der Waals surface area (Å²) in [5.74, 6) is 1.54. The molecule has 0 radical (unpaired) electrons. The number of piperazine rings is 1. The first kappa shape index (κ1) is 19.2. The third-order valence-corrected chi connectivity index (χ3v) is 4.97. The van der Waals surface area contributed by atoms with E-state index in [1.165, 1.54) is 19.3 Å². The van der Waals surface area contributed by atoms with Gasteiger partial charge in [0.25, 0.3) is 5.91 Å². The van der Waals surface area contributed by atoms with E-state index in [1.54, 1.807) is 12.1 Å². The molecular weight excluding hydrogens is 338 g/mol. The molecule has 0 aromatic heterocycles. The summed E-state index contributed by atoms with van der Waals surface area (Å²) in [6, 6.07) is 14.9. The number of carbonyl (C=O) groups is 1. The second-order valence-electron chi connectivity index (χ2n) is 7.05. The second kappa shape index (κ2) is 9.42. The Balaban J connectivity index is 1.64. The zero-order valence-electron chi connectivity index (χ0n) is 16.0. The first-order valence-electron chi connectivity index (χ1n) is 9.82. The number of amides is 1. The van der Waals surface area contributed by atoms with Gasteiger partial charge in [0.05, 0.1) is 0 Å². The summed E-state index contributed by atoms with van der Waals surface area (Å²) in [7, 11) is 0. The first-order valence-corrected chi connectivity index (χ1v) is 9.82. The second-order valence-corrected chi connectivity index (χ2v) is 7.05. The van der Waals surface area contributed by atoms with Gasteiger partial charge in [-0.05, 0) is 55.0 Å². The highest BCUT2D eigenvalue weighted by atomic mass is 16.5. The van der Waals surface area contributed by atoms with Crippen LogP contribution >= 0.6 is 0 Å². The summed E-state index contributed by atoms with van der Waals surface area (Å²) in [6.45, 7) is 4.71. The third kappa shape index (κ3) is 5.23. The van der Waals surface area contributed by atoms with Gasteiger partial charge in [-0.15, -0.1) is 0 Å². The Morgan fingerprint density at radius 1 is 1.11 bits per heavy atom. The van der Waals surface area contributed by atoms with Crippen LogP contribution in [-0.2, 0) is 0 Å². The number of nitrogens with two attached hydrogens (primary N) is 1. The van der Waals surface area contributed by atoms with Crippen LogP contribution in [-0.4, -0.2) is 36.5 Å². The molecule has 3 N–H and O–H groups in total. The topological polar surface area (TPSA) is 67.6 Å². The number of hydrogen-bond acceptors (Lipinski definition) is 4. The lowest BCUT2D eigenvalue weighted by Gasteiger charge is -2.36. The van der Waals surface area contributed by atoms with Crippen molar-refractivity contribution in [2.45, 2.75) is 38.6 Å². The van der Waals surface area contributed by atoms with Gasteiger partial charge in [0.2, 0.25) is 0 Å². The zero-order valence-corrected chi connectivity index (χ0v) is 16.0. The van der Waals surface area contributed by atoms with Gasteiger partial charge in [-0.25, -0.2) is 0 Å². The van der Waals surface area contributed by atoms with Crippen LogP contribution in [0.15, 0.2) is 48.5 Å². The van der Waals surface area contributed by atoms with E-state index in [1.807, 2.05) is 41.3 Å². The summed E-state index contributed by atoms with van der Waals surface area (Å²) < 4.78 is 5.81. The molecule has 2 aromatic carbocycles. The molecule has 1 atom stereocenters. The molecule has 0 bridgehead atoms. The number of ether oxygens (including phenoxy) is 1. The first-order chi connectivity index (χ1) is 13.2. The van der Waals surface area contributed by atoms with Crippen molar-refractivity contribution in [3.05, 3.63) is 54.1 Å². The van der Waals surface area contributed by atoms with E-state index in [2.05, 4.69) is 12.2 Å². The van der Waals surface area contributed by atoms with E-state index in [0.29, 0.717) is 17.0 Å². The maximum atomic E-state index is 13.0. The van der Waals surface area contributed by atoms with Crippen LogP contribution in [0.1, 0.15) is 43.0 Å². The van der Waals surface area contributed by atoms with Gasteiger partial charge in [0.15, 0.2) is 0 Å². The summed E-state index contributed by atoms with van der Waals surface area (Å²) in [4.78, 5) is 15.0. The van der Waals surface area contributed by atoms with Crippen molar-refractivity contribution in [3.8, 4) is 11.5 Å². The highest BCUT2D eigenvalue weighted by molar-refractivity contribution is 5.94. The van der Waals surface area contributed by atoms with Crippen molar-refractivity contribution in [1.29, 1.82) is 0 Å². The molecule has 0 saturated carbocycles.